The highest BCUT2D eigenvalue weighted by molar-refractivity contribution is 5.92. The average molecular weight is 923 g/mol. The summed E-state index contributed by atoms with van der Waals surface area (Å²) in [6.45, 7) is 32.2. The molecule has 0 bridgehead atoms. The molecule has 1 aliphatic rings. The standard InChI is InChI=1S/C57H78O10/c1-13-31-60-39(11)45-49(62-33-15-3)47(53(64-35-17-5)55(66-37-19-7)51(45)58-21-9)57(43-29-25-23-27-41(43)42-28-24-26-30-44(42)57)48-50(63-34-16-4)46(40(12)61-32-14-2)52(59-22-10)56(67-38-20-8)54(48)65-36-18-6/h21-30,39-40H,9-10,13-20,31-38H2,1-8,11-12H3. The molecule has 10 nitrogen and oxygen atoms in total. The molecule has 366 valence electrons. The van der Waals surface area contributed by atoms with Crippen molar-refractivity contribution in [2.24, 2.45) is 0 Å². The molecule has 0 amide bonds. The second-order valence-corrected chi connectivity index (χ2v) is 16.7. The molecule has 0 aliphatic heterocycles. The Morgan fingerprint density at radius 1 is 0.403 bits per heavy atom. The molecular weight excluding hydrogens is 845 g/mol. The van der Waals surface area contributed by atoms with E-state index in [2.05, 4.69) is 117 Å². The Morgan fingerprint density at radius 3 is 1.01 bits per heavy atom. The van der Waals surface area contributed by atoms with E-state index in [9.17, 15) is 0 Å². The van der Waals surface area contributed by atoms with Crippen molar-refractivity contribution in [3.63, 3.8) is 0 Å². The van der Waals surface area contributed by atoms with Gasteiger partial charge in [-0.05, 0) is 87.5 Å². The zero-order valence-electron chi connectivity index (χ0n) is 42.2. The Morgan fingerprint density at radius 2 is 0.701 bits per heavy atom. The summed E-state index contributed by atoms with van der Waals surface area (Å²) < 4.78 is 69.4. The predicted octanol–water partition coefficient (Wildman–Crippen LogP) is 14.8. The summed E-state index contributed by atoms with van der Waals surface area (Å²) in [5.74, 6) is 3.75. The number of benzene rings is 4. The summed E-state index contributed by atoms with van der Waals surface area (Å²) in [4.78, 5) is 0. The van der Waals surface area contributed by atoms with Crippen LogP contribution in [0.4, 0.5) is 0 Å². The summed E-state index contributed by atoms with van der Waals surface area (Å²) in [5.41, 5.74) is 5.39. The van der Waals surface area contributed by atoms with Gasteiger partial charge in [-0.3, -0.25) is 0 Å². The third-order valence-electron chi connectivity index (χ3n) is 11.5. The van der Waals surface area contributed by atoms with Gasteiger partial charge in [-0.2, -0.15) is 0 Å². The fourth-order valence-electron chi connectivity index (χ4n) is 8.90. The fourth-order valence-corrected chi connectivity index (χ4v) is 8.90. The molecule has 2 unspecified atom stereocenters. The van der Waals surface area contributed by atoms with Gasteiger partial charge in [0.2, 0.25) is 11.5 Å². The molecule has 0 spiro atoms. The van der Waals surface area contributed by atoms with Gasteiger partial charge in [0, 0.05) is 13.2 Å². The predicted molar refractivity (Wildman–Crippen MR) is 269 cm³/mol. The van der Waals surface area contributed by atoms with Crippen molar-refractivity contribution in [3.8, 4) is 57.1 Å². The molecule has 1 aliphatic carbocycles. The van der Waals surface area contributed by atoms with E-state index in [4.69, 9.17) is 47.4 Å². The van der Waals surface area contributed by atoms with Gasteiger partial charge in [-0.15, -0.1) is 0 Å². The summed E-state index contributed by atoms with van der Waals surface area (Å²) >= 11 is 0. The van der Waals surface area contributed by atoms with E-state index in [-0.39, 0.29) is 0 Å². The molecule has 0 fully saturated rings. The third kappa shape index (κ3) is 10.9. The molecular formula is C57H78O10. The van der Waals surface area contributed by atoms with Crippen molar-refractivity contribution in [2.45, 2.75) is 138 Å². The van der Waals surface area contributed by atoms with Crippen LogP contribution < -0.4 is 37.9 Å². The largest absolute Gasteiger partial charge is 0.493 e. The summed E-state index contributed by atoms with van der Waals surface area (Å²) in [6.07, 6.45) is 7.70. The van der Waals surface area contributed by atoms with Crippen LogP contribution in [-0.4, -0.2) is 52.9 Å². The van der Waals surface area contributed by atoms with Gasteiger partial charge in [-0.1, -0.05) is 117 Å². The molecule has 4 aromatic rings. The summed E-state index contributed by atoms with van der Waals surface area (Å²) in [5, 5.41) is 0. The Hall–Kier alpha value is -5.32. The lowest BCUT2D eigenvalue weighted by Crippen LogP contribution is -2.33. The van der Waals surface area contributed by atoms with E-state index >= 15 is 0 Å². The molecule has 2 atom stereocenters. The van der Waals surface area contributed by atoms with Crippen molar-refractivity contribution in [1.82, 2.24) is 0 Å². The van der Waals surface area contributed by atoms with Gasteiger partial charge >= 0.3 is 0 Å². The SMILES string of the molecule is C=COc1c(OCCC)c(OCCC)c(C2(c3c(OCCC)c(OCCC)c(OC=C)c(C(C)OCCC)c3OCCC)c3ccccc3-c3ccccc32)c(OCCC)c1C(C)OCCC. The third-order valence-corrected chi connectivity index (χ3v) is 11.5. The smallest absolute Gasteiger partial charge is 0.205 e. The van der Waals surface area contributed by atoms with Gasteiger partial charge < -0.3 is 47.4 Å². The first-order valence-electron chi connectivity index (χ1n) is 25.0. The zero-order valence-corrected chi connectivity index (χ0v) is 42.2. The van der Waals surface area contributed by atoms with Crippen molar-refractivity contribution in [2.75, 3.05) is 52.9 Å². The van der Waals surface area contributed by atoms with Crippen molar-refractivity contribution in [3.05, 3.63) is 108 Å². The van der Waals surface area contributed by atoms with E-state index in [1.54, 1.807) is 0 Å². The molecule has 0 saturated carbocycles. The van der Waals surface area contributed by atoms with E-state index in [0.717, 1.165) is 60.8 Å². The van der Waals surface area contributed by atoms with Gasteiger partial charge in [-0.25, -0.2) is 0 Å². The maximum absolute atomic E-state index is 7.30. The van der Waals surface area contributed by atoms with E-state index < -0.39 is 17.6 Å². The van der Waals surface area contributed by atoms with Crippen molar-refractivity contribution >= 4 is 0 Å². The molecule has 10 heteroatoms. The number of rotatable bonds is 32. The summed E-state index contributed by atoms with van der Waals surface area (Å²) in [6, 6.07) is 17.1. The minimum Gasteiger partial charge on any atom is -0.493 e. The first kappa shape index (κ1) is 52.6. The maximum Gasteiger partial charge on any atom is 0.205 e. The van der Waals surface area contributed by atoms with Gasteiger partial charge in [0.1, 0.15) is 11.5 Å². The Balaban J connectivity index is 2.33. The number of hydrogen-bond acceptors (Lipinski definition) is 10. The second-order valence-electron chi connectivity index (χ2n) is 16.7. The molecule has 4 aromatic carbocycles. The minimum atomic E-state index is -1.34. The lowest BCUT2D eigenvalue weighted by Gasteiger charge is -2.41. The Bertz CT molecular complexity index is 2060. The topological polar surface area (TPSA) is 92.3 Å². The van der Waals surface area contributed by atoms with Crippen LogP contribution in [0.15, 0.2) is 74.2 Å². The molecule has 0 heterocycles. The van der Waals surface area contributed by atoms with Gasteiger partial charge in [0.05, 0.1) is 92.0 Å². The first-order chi connectivity index (χ1) is 32.8. The highest BCUT2D eigenvalue weighted by Gasteiger charge is 2.56. The highest BCUT2D eigenvalue weighted by atomic mass is 16.6. The lowest BCUT2D eigenvalue weighted by atomic mass is 9.65. The maximum atomic E-state index is 7.30. The van der Waals surface area contributed by atoms with Crippen LogP contribution in [0.2, 0.25) is 0 Å². The highest BCUT2D eigenvalue weighted by Crippen LogP contribution is 2.69. The monoisotopic (exact) mass is 923 g/mol. The summed E-state index contributed by atoms with van der Waals surface area (Å²) in [7, 11) is 0. The zero-order chi connectivity index (χ0) is 48.3. The van der Waals surface area contributed by atoms with Crippen LogP contribution in [-0.2, 0) is 14.9 Å². The molecule has 0 radical (unpaired) electrons. The average Bonchev–Trinajstić information content (AvgIpc) is 3.63. The molecule has 0 saturated heterocycles. The lowest BCUT2D eigenvalue weighted by molar-refractivity contribution is 0.0616. The first-order valence-corrected chi connectivity index (χ1v) is 25.0. The van der Waals surface area contributed by atoms with Crippen LogP contribution in [0.3, 0.4) is 0 Å². The van der Waals surface area contributed by atoms with E-state index in [1.807, 2.05) is 13.8 Å². The normalized spacial score (nSPS) is 13.2. The van der Waals surface area contributed by atoms with Crippen LogP contribution in [0, 0.1) is 0 Å². The van der Waals surface area contributed by atoms with Gasteiger partial charge in [0.15, 0.2) is 23.0 Å². The fraction of sp³-hybridized carbons (Fsp3) is 0.509. The van der Waals surface area contributed by atoms with E-state index in [0.29, 0.717) is 134 Å². The van der Waals surface area contributed by atoms with Crippen LogP contribution in [0.5, 0.6) is 46.0 Å². The van der Waals surface area contributed by atoms with Crippen LogP contribution >= 0.6 is 0 Å². The minimum absolute atomic E-state index is 0.360. The second kappa shape index (κ2) is 26.3. The van der Waals surface area contributed by atoms with Crippen molar-refractivity contribution < 1.29 is 47.4 Å². The molecule has 0 N–H and O–H groups in total. The van der Waals surface area contributed by atoms with Crippen molar-refractivity contribution in [1.29, 1.82) is 0 Å². The number of ether oxygens (including phenoxy) is 10. The number of hydrogen-bond donors (Lipinski definition) is 0. The quantitative estimate of drug-likeness (QED) is 0.0388. The van der Waals surface area contributed by atoms with E-state index in [1.165, 1.54) is 12.5 Å². The van der Waals surface area contributed by atoms with Crippen LogP contribution in [0.1, 0.15) is 166 Å². The van der Waals surface area contributed by atoms with Crippen LogP contribution in [0.25, 0.3) is 11.1 Å². The Kier molecular flexibility index (Phi) is 20.7. The molecule has 67 heavy (non-hydrogen) atoms. The van der Waals surface area contributed by atoms with Gasteiger partial charge in [0.25, 0.3) is 0 Å². The Labute approximate surface area is 401 Å². The number of fused-ring (bicyclic) bond motifs is 3. The molecule has 0 aromatic heterocycles. The molecule has 5 rings (SSSR count).